The lowest BCUT2D eigenvalue weighted by atomic mass is 9.89. The molecule has 1 aliphatic heterocycles. The summed E-state index contributed by atoms with van der Waals surface area (Å²) in [7, 11) is 0. The van der Waals surface area contributed by atoms with Crippen LogP contribution in [0.2, 0.25) is 0 Å². The molecule has 3 nitrogen and oxygen atoms in total. The molecule has 0 radical (unpaired) electrons. The Balaban J connectivity index is 1.77. The van der Waals surface area contributed by atoms with Crippen LogP contribution in [0.3, 0.4) is 0 Å². The largest absolute Gasteiger partial charge is 0.278 e. The normalized spacial score (nSPS) is 15.2. The zero-order valence-electron chi connectivity index (χ0n) is 15.4. The Morgan fingerprint density at radius 2 is 1.46 bits per heavy atom. The molecule has 0 atom stereocenters. The van der Waals surface area contributed by atoms with Crippen LogP contribution in [0, 0.1) is 13.8 Å². The van der Waals surface area contributed by atoms with Gasteiger partial charge < -0.3 is 0 Å². The fraction of sp³-hybridized carbons (Fsp3) is 0.304. The van der Waals surface area contributed by atoms with Crippen LogP contribution in [-0.2, 0) is 19.3 Å². The van der Waals surface area contributed by atoms with Gasteiger partial charge in [-0.3, -0.25) is 4.90 Å². The Kier molecular flexibility index (Phi) is 3.56. The number of nitrogens with zero attached hydrogens (tertiary/aromatic N) is 3. The third-order valence-electron chi connectivity index (χ3n) is 5.58. The molecule has 0 saturated heterocycles. The van der Waals surface area contributed by atoms with Gasteiger partial charge in [0.15, 0.2) is 0 Å². The number of hydrogen-bond donors (Lipinski definition) is 0. The highest BCUT2D eigenvalue weighted by molar-refractivity contribution is 5.81. The highest BCUT2D eigenvalue weighted by Crippen LogP contribution is 2.44. The SMILES string of the molecule is Cc1cnc2c(c1)Cc1cc(C)cnc1N2c1cccc2c1CCCC2. The minimum atomic E-state index is 0.902. The van der Waals surface area contributed by atoms with E-state index in [1.807, 2.05) is 12.4 Å². The third kappa shape index (κ3) is 2.42. The van der Waals surface area contributed by atoms with Gasteiger partial charge in [-0.1, -0.05) is 24.3 Å². The third-order valence-corrected chi connectivity index (χ3v) is 5.58. The van der Waals surface area contributed by atoms with Crippen molar-refractivity contribution in [3.8, 4) is 0 Å². The molecular weight excluding hydrogens is 318 g/mol. The molecule has 1 aliphatic carbocycles. The van der Waals surface area contributed by atoms with Crippen LogP contribution in [0.4, 0.5) is 17.3 Å². The fourth-order valence-electron chi connectivity index (χ4n) is 4.41. The van der Waals surface area contributed by atoms with Crippen molar-refractivity contribution < 1.29 is 0 Å². The standard InChI is InChI=1S/C23H23N3/c1-15-10-18-12-19-11-16(2)14-25-23(19)26(22(18)24-13-15)21-9-5-7-17-6-3-4-8-20(17)21/h5,7,9-11,13-14H,3-4,6,8,12H2,1-2H3. The van der Waals surface area contributed by atoms with Crippen LogP contribution in [0.25, 0.3) is 0 Å². The monoisotopic (exact) mass is 341 g/mol. The molecule has 5 rings (SSSR count). The van der Waals surface area contributed by atoms with Crippen molar-refractivity contribution in [3.05, 3.63) is 76.1 Å². The van der Waals surface area contributed by atoms with Crippen LogP contribution < -0.4 is 4.90 Å². The number of aromatic nitrogens is 2. The topological polar surface area (TPSA) is 29.0 Å². The molecule has 0 spiro atoms. The van der Waals surface area contributed by atoms with Gasteiger partial charge >= 0.3 is 0 Å². The highest BCUT2D eigenvalue weighted by atomic mass is 15.3. The van der Waals surface area contributed by atoms with Crippen molar-refractivity contribution in [2.75, 3.05) is 4.90 Å². The molecule has 0 bridgehead atoms. The van der Waals surface area contributed by atoms with Gasteiger partial charge in [0.25, 0.3) is 0 Å². The Labute approximate surface area is 154 Å². The first-order chi connectivity index (χ1) is 12.7. The van der Waals surface area contributed by atoms with Crippen LogP contribution in [-0.4, -0.2) is 9.97 Å². The van der Waals surface area contributed by atoms with Gasteiger partial charge in [0.1, 0.15) is 11.6 Å². The van der Waals surface area contributed by atoms with Crippen LogP contribution >= 0.6 is 0 Å². The van der Waals surface area contributed by atoms with Gasteiger partial charge in [-0.25, -0.2) is 9.97 Å². The molecule has 0 fully saturated rings. The Bertz CT molecular complexity index is 955. The molecule has 3 heterocycles. The van der Waals surface area contributed by atoms with E-state index in [0.29, 0.717) is 0 Å². The number of benzene rings is 1. The second-order valence-electron chi connectivity index (χ2n) is 7.62. The molecule has 130 valence electrons. The van der Waals surface area contributed by atoms with Crippen LogP contribution in [0.15, 0.2) is 42.7 Å². The number of fused-ring (bicyclic) bond motifs is 3. The first kappa shape index (κ1) is 15.6. The molecule has 0 saturated carbocycles. The van der Waals surface area contributed by atoms with Crippen molar-refractivity contribution in [1.82, 2.24) is 9.97 Å². The van der Waals surface area contributed by atoms with Gasteiger partial charge in [0, 0.05) is 29.9 Å². The van der Waals surface area contributed by atoms with Crippen molar-refractivity contribution >= 4 is 17.3 Å². The molecule has 0 amide bonds. The maximum absolute atomic E-state index is 4.83. The molecule has 1 aromatic carbocycles. The van der Waals surface area contributed by atoms with E-state index in [9.17, 15) is 0 Å². The zero-order chi connectivity index (χ0) is 17.7. The Hall–Kier alpha value is -2.68. The number of aryl methyl sites for hydroxylation is 3. The van der Waals surface area contributed by atoms with Crippen LogP contribution in [0.1, 0.15) is 46.2 Å². The van der Waals surface area contributed by atoms with Crippen molar-refractivity contribution in [3.63, 3.8) is 0 Å². The van der Waals surface area contributed by atoms with E-state index >= 15 is 0 Å². The van der Waals surface area contributed by atoms with Crippen molar-refractivity contribution in [2.45, 2.75) is 46.0 Å². The molecule has 26 heavy (non-hydrogen) atoms. The first-order valence-electron chi connectivity index (χ1n) is 9.52. The smallest absolute Gasteiger partial charge is 0.142 e. The number of pyridine rings is 2. The summed E-state index contributed by atoms with van der Waals surface area (Å²) in [4.78, 5) is 12.0. The van der Waals surface area contributed by atoms with Crippen molar-refractivity contribution in [1.29, 1.82) is 0 Å². The predicted molar refractivity (Wildman–Crippen MR) is 106 cm³/mol. The molecule has 2 aliphatic rings. The molecule has 0 N–H and O–H groups in total. The average molecular weight is 341 g/mol. The van der Waals surface area contributed by atoms with E-state index < -0.39 is 0 Å². The summed E-state index contributed by atoms with van der Waals surface area (Å²) < 4.78 is 0. The summed E-state index contributed by atoms with van der Waals surface area (Å²) in [5, 5.41) is 0. The second kappa shape index (κ2) is 5.94. The molecular formula is C23H23N3. The van der Waals surface area contributed by atoms with E-state index in [1.165, 1.54) is 58.3 Å². The number of anilines is 3. The summed E-state index contributed by atoms with van der Waals surface area (Å²) >= 11 is 0. The van der Waals surface area contributed by atoms with E-state index in [4.69, 9.17) is 9.97 Å². The Morgan fingerprint density at radius 3 is 2.15 bits per heavy atom. The Morgan fingerprint density at radius 1 is 0.808 bits per heavy atom. The predicted octanol–water partition coefficient (Wildman–Crippen LogP) is 5.35. The van der Waals surface area contributed by atoms with Gasteiger partial charge in [-0.05, 0) is 67.9 Å². The van der Waals surface area contributed by atoms with Gasteiger partial charge in [0.05, 0.1) is 5.69 Å². The minimum Gasteiger partial charge on any atom is -0.278 e. The highest BCUT2D eigenvalue weighted by Gasteiger charge is 2.29. The van der Waals surface area contributed by atoms with Crippen molar-refractivity contribution in [2.24, 2.45) is 0 Å². The van der Waals surface area contributed by atoms with E-state index in [1.54, 1.807) is 0 Å². The lowest BCUT2D eigenvalue weighted by molar-refractivity contribution is 0.685. The second-order valence-corrected chi connectivity index (χ2v) is 7.62. The quantitative estimate of drug-likeness (QED) is 0.467. The minimum absolute atomic E-state index is 0.902. The molecule has 3 aromatic rings. The summed E-state index contributed by atoms with van der Waals surface area (Å²) in [6, 6.07) is 11.3. The molecule has 3 heteroatoms. The maximum Gasteiger partial charge on any atom is 0.142 e. The molecule has 2 aromatic heterocycles. The molecule has 0 unspecified atom stereocenters. The summed E-state index contributed by atoms with van der Waals surface area (Å²) in [6.07, 6.45) is 9.73. The van der Waals surface area contributed by atoms with Gasteiger partial charge in [-0.2, -0.15) is 0 Å². The average Bonchev–Trinajstić information content (AvgIpc) is 2.65. The van der Waals surface area contributed by atoms with E-state index in [2.05, 4.69) is 49.1 Å². The summed E-state index contributed by atoms with van der Waals surface area (Å²) in [6.45, 7) is 4.23. The zero-order valence-corrected chi connectivity index (χ0v) is 15.4. The maximum atomic E-state index is 4.83. The van der Waals surface area contributed by atoms with Gasteiger partial charge in [0.2, 0.25) is 0 Å². The number of hydrogen-bond acceptors (Lipinski definition) is 3. The van der Waals surface area contributed by atoms with Gasteiger partial charge in [-0.15, -0.1) is 0 Å². The lowest BCUT2D eigenvalue weighted by Gasteiger charge is -2.34. The fourth-order valence-corrected chi connectivity index (χ4v) is 4.41. The lowest BCUT2D eigenvalue weighted by Crippen LogP contribution is -2.23. The van der Waals surface area contributed by atoms with Crippen LogP contribution in [0.5, 0.6) is 0 Å². The van der Waals surface area contributed by atoms with E-state index in [0.717, 1.165) is 24.5 Å². The van der Waals surface area contributed by atoms with E-state index in [-0.39, 0.29) is 0 Å². The summed E-state index contributed by atoms with van der Waals surface area (Å²) in [5.74, 6) is 2.08. The first-order valence-corrected chi connectivity index (χ1v) is 9.52. The number of rotatable bonds is 1. The summed E-state index contributed by atoms with van der Waals surface area (Å²) in [5.41, 5.74) is 9.23.